The highest BCUT2D eigenvalue weighted by Crippen LogP contribution is 2.31. The first kappa shape index (κ1) is 13.3. The van der Waals surface area contributed by atoms with Crippen molar-refractivity contribution in [3.8, 4) is 5.69 Å². The van der Waals surface area contributed by atoms with Gasteiger partial charge in [0.2, 0.25) is 0 Å². The molecule has 0 saturated heterocycles. The number of nitrogens with zero attached hydrogens (tertiary/aromatic N) is 1. The molecular formula is C18H24N2. The van der Waals surface area contributed by atoms with Crippen LogP contribution in [-0.2, 0) is 0 Å². The summed E-state index contributed by atoms with van der Waals surface area (Å²) in [7, 11) is 0. The largest absolute Gasteiger partial charge is 0.382 e. The monoisotopic (exact) mass is 268 g/mol. The predicted octanol–water partition coefficient (Wildman–Crippen LogP) is 4.71. The summed E-state index contributed by atoms with van der Waals surface area (Å²) < 4.78 is 2.15. The average molecular weight is 268 g/mol. The lowest BCUT2D eigenvalue weighted by atomic mass is 9.78. The van der Waals surface area contributed by atoms with E-state index in [0.29, 0.717) is 6.04 Å². The Kier molecular flexibility index (Phi) is 3.81. The van der Waals surface area contributed by atoms with Gasteiger partial charge in [0.1, 0.15) is 0 Å². The summed E-state index contributed by atoms with van der Waals surface area (Å²) in [4.78, 5) is 0. The van der Waals surface area contributed by atoms with Crippen LogP contribution in [0.15, 0.2) is 48.8 Å². The van der Waals surface area contributed by atoms with Gasteiger partial charge in [0.15, 0.2) is 0 Å². The molecule has 2 unspecified atom stereocenters. The number of aromatic nitrogens is 1. The number of anilines is 1. The van der Waals surface area contributed by atoms with Crippen LogP contribution in [0.4, 0.5) is 5.69 Å². The Morgan fingerprint density at radius 2 is 1.70 bits per heavy atom. The van der Waals surface area contributed by atoms with Crippen molar-refractivity contribution in [2.24, 2.45) is 11.8 Å². The van der Waals surface area contributed by atoms with Crippen molar-refractivity contribution >= 4 is 5.69 Å². The van der Waals surface area contributed by atoms with Gasteiger partial charge in [0.25, 0.3) is 0 Å². The van der Waals surface area contributed by atoms with Crippen molar-refractivity contribution in [1.29, 1.82) is 0 Å². The first-order chi connectivity index (χ1) is 9.74. The fourth-order valence-corrected chi connectivity index (χ4v) is 3.42. The zero-order chi connectivity index (χ0) is 13.9. The molecule has 20 heavy (non-hydrogen) atoms. The third-order valence-corrected chi connectivity index (χ3v) is 4.63. The van der Waals surface area contributed by atoms with Gasteiger partial charge >= 0.3 is 0 Å². The molecule has 0 spiro atoms. The van der Waals surface area contributed by atoms with Gasteiger partial charge in [-0.3, -0.25) is 0 Å². The van der Waals surface area contributed by atoms with Gasteiger partial charge < -0.3 is 9.88 Å². The lowest BCUT2D eigenvalue weighted by molar-refractivity contribution is 0.268. The Balaban J connectivity index is 1.79. The van der Waals surface area contributed by atoms with Crippen LogP contribution >= 0.6 is 0 Å². The summed E-state index contributed by atoms with van der Waals surface area (Å²) >= 11 is 0. The van der Waals surface area contributed by atoms with Gasteiger partial charge in [0.05, 0.1) is 0 Å². The number of rotatable bonds is 3. The molecule has 2 heteroatoms. The van der Waals surface area contributed by atoms with E-state index in [-0.39, 0.29) is 0 Å². The molecule has 1 aromatic heterocycles. The van der Waals surface area contributed by atoms with E-state index in [4.69, 9.17) is 0 Å². The number of benzene rings is 1. The Morgan fingerprint density at radius 3 is 2.40 bits per heavy atom. The topological polar surface area (TPSA) is 17.0 Å². The van der Waals surface area contributed by atoms with Crippen molar-refractivity contribution in [1.82, 2.24) is 4.57 Å². The van der Waals surface area contributed by atoms with Gasteiger partial charge in [-0.25, -0.2) is 0 Å². The van der Waals surface area contributed by atoms with E-state index in [2.05, 4.69) is 72.5 Å². The maximum Gasteiger partial charge on any atom is 0.0469 e. The Morgan fingerprint density at radius 1 is 1.00 bits per heavy atom. The van der Waals surface area contributed by atoms with Crippen molar-refractivity contribution < 1.29 is 0 Å². The Labute approximate surface area is 121 Å². The summed E-state index contributed by atoms with van der Waals surface area (Å²) in [5.41, 5.74) is 2.46. The SMILES string of the molecule is CC1CCCC(C)C1Nc1cccc(-n2cccc2)c1. The maximum absolute atomic E-state index is 3.77. The number of hydrogen-bond acceptors (Lipinski definition) is 1. The fraction of sp³-hybridized carbons (Fsp3) is 0.444. The third kappa shape index (κ3) is 2.74. The van der Waals surface area contributed by atoms with Crippen molar-refractivity contribution in [3.05, 3.63) is 48.8 Å². The molecule has 2 atom stereocenters. The zero-order valence-electron chi connectivity index (χ0n) is 12.4. The van der Waals surface area contributed by atoms with Crippen LogP contribution in [0.3, 0.4) is 0 Å². The van der Waals surface area contributed by atoms with Crippen molar-refractivity contribution in [3.63, 3.8) is 0 Å². The average Bonchev–Trinajstić information content (AvgIpc) is 2.98. The summed E-state index contributed by atoms with van der Waals surface area (Å²) in [6.07, 6.45) is 8.25. The van der Waals surface area contributed by atoms with E-state index in [1.165, 1.54) is 30.6 Å². The molecule has 2 aromatic rings. The molecule has 0 radical (unpaired) electrons. The fourth-order valence-electron chi connectivity index (χ4n) is 3.42. The quantitative estimate of drug-likeness (QED) is 0.852. The summed E-state index contributed by atoms with van der Waals surface area (Å²) in [5, 5.41) is 3.77. The van der Waals surface area contributed by atoms with Gasteiger partial charge in [-0.2, -0.15) is 0 Å². The van der Waals surface area contributed by atoms with Crippen LogP contribution in [0.1, 0.15) is 33.1 Å². The number of nitrogens with one attached hydrogen (secondary N) is 1. The molecule has 0 bridgehead atoms. The van der Waals surface area contributed by atoms with Crippen LogP contribution < -0.4 is 5.32 Å². The molecule has 1 fully saturated rings. The minimum atomic E-state index is 0.601. The standard InChI is InChI=1S/C18H24N2/c1-14-7-5-8-15(2)18(14)19-16-9-6-10-17(13-16)20-11-3-4-12-20/h3-4,6,9-15,18-19H,5,7-8H2,1-2H3. The van der Waals surface area contributed by atoms with Crippen LogP contribution in [0.2, 0.25) is 0 Å². The second-order valence-corrected chi connectivity index (χ2v) is 6.20. The smallest absolute Gasteiger partial charge is 0.0469 e. The molecule has 106 valence electrons. The highest BCUT2D eigenvalue weighted by Gasteiger charge is 2.27. The van der Waals surface area contributed by atoms with Crippen LogP contribution in [0.5, 0.6) is 0 Å². The molecule has 0 amide bonds. The predicted molar refractivity (Wildman–Crippen MR) is 85.4 cm³/mol. The summed E-state index contributed by atoms with van der Waals surface area (Å²) in [5.74, 6) is 1.52. The molecule has 1 aliphatic rings. The molecule has 3 rings (SSSR count). The first-order valence-corrected chi connectivity index (χ1v) is 7.74. The lowest BCUT2D eigenvalue weighted by Gasteiger charge is -2.36. The molecular weight excluding hydrogens is 244 g/mol. The molecule has 1 saturated carbocycles. The molecule has 1 N–H and O–H groups in total. The van der Waals surface area contributed by atoms with Gasteiger partial charge in [-0.15, -0.1) is 0 Å². The second-order valence-electron chi connectivity index (χ2n) is 6.20. The van der Waals surface area contributed by atoms with Gasteiger partial charge in [-0.05, 0) is 55.0 Å². The van der Waals surface area contributed by atoms with E-state index in [1.807, 2.05) is 0 Å². The second kappa shape index (κ2) is 5.74. The van der Waals surface area contributed by atoms with E-state index in [9.17, 15) is 0 Å². The Bertz CT molecular complexity index is 534. The molecule has 2 nitrogen and oxygen atoms in total. The van der Waals surface area contributed by atoms with Crippen molar-refractivity contribution in [2.45, 2.75) is 39.2 Å². The first-order valence-electron chi connectivity index (χ1n) is 7.74. The highest BCUT2D eigenvalue weighted by molar-refractivity contribution is 5.52. The zero-order valence-corrected chi connectivity index (χ0v) is 12.4. The minimum Gasteiger partial charge on any atom is -0.382 e. The molecule has 1 aromatic carbocycles. The third-order valence-electron chi connectivity index (χ3n) is 4.63. The van der Waals surface area contributed by atoms with Gasteiger partial charge in [0, 0.05) is 29.8 Å². The van der Waals surface area contributed by atoms with E-state index >= 15 is 0 Å². The molecule has 1 aliphatic carbocycles. The lowest BCUT2D eigenvalue weighted by Crippen LogP contribution is -2.37. The van der Waals surface area contributed by atoms with Crippen molar-refractivity contribution in [2.75, 3.05) is 5.32 Å². The van der Waals surface area contributed by atoms with Crippen LogP contribution in [-0.4, -0.2) is 10.6 Å². The highest BCUT2D eigenvalue weighted by atomic mass is 15.0. The van der Waals surface area contributed by atoms with E-state index in [1.54, 1.807) is 0 Å². The van der Waals surface area contributed by atoms with E-state index in [0.717, 1.165) is 11.8 Å². The molecule has 0 aliphatic heterocycles. The van der Waals surface area contributed by atoms with Crippen LogP contribution in [0, 0.1) is 11.8 Å². The van der Waals surface area contributed by atoms with E-state index < -0.39 is 0 Å². The molecule has 1 heterocycles. The van der Waals surface area contributed by atoms with Crippen LogP contribution in [0.25, 0.3) is 5.69 Å². The summed E-state index contributed by atoms with van der Waals surface area (Å²) in [6, 6.07) is 13.4. The Hall–Kier alpha value is -1.70. The van der Waals surface area contributed by atoms with Gasteiger partial charge in [-0.1, -0.05) is 26.3 Å². The summed E-state index contributed by atoms with van der Waals surface area (Å²) in [6.45, 7) is 4.76. The minimum absolute atomic E-state index is 0.601. The number of hydrogen-bond donors (Lipinski definition) is 1. The normalized spacial score (nSPS) is 26.4. The maximum atomic E-state index is 3.77.